The minimum absolute atomic E-state index is 0.211. The molecular weight excluding hydrogens is 356 g/mol. The number of aryl methyl sites for hydroxylation is 1. The van der Waals surface area contributed by atoms with Gasteiger partial charge in [0.25, 0.3) is 0 Å². The fraction of sp³-hybridized carbons (Fsp3) is 0.741. The molecule has 2 heteroatoms. The lowest BCUT2D eigenvalue weighted by atomic mass is 9.68. The van der Waals surface area contributed by atoms with Gasteiger partial charge in [-0.1, -0.05) is 64.0 Å². The summed E-state index contributed by atoms with van der Waals surface area (Å²) in [6.45, 7) is 4.60. The van der Waals surface area contributed by atoms with Crippen molar-refractivity contribution in [2.45, 2.75) is 97.3 Å². The monoisotopic (exact) mass is 398 g/mol. The third-order valence-corrected chi connectivity index (χ3v) is 7.72. The van der Waals surface area contributed by atoms with Crippen LogP contribution in [-0.2, 0) is 11.2 Å². The number of unbranched alkanes of at least 4 members (excludes halogenated alkanes) is 1. The summed E-state index contributed by atoms with van der Waals surface area (Å²) in [7, 11) is 0. The molecule has 0 atom stereocenters. The van der Waals surface area contributed by atoms with Crippen LogP contribution in [0.1, 0.15) is 107 Å². The third-order valence-electron chi connectivity index (χ3n) is 7.72. The lowest BCUT2D eigenvalue weighted by molar-refractivity contribution is 0.0526. The minimum Gasteiger partial charge on any atom is -0.462 e. The van der Waals surface area contributed by atoms with Crippen LogP contribution in [0.25, 0.3) is 0 Å². The normalized spacial score (nSPS) is 27.5. The molecule has 0 bridgehead atoms. The Balaban J connectivity index is 1.34. The van der Waals surface area contributed by atoms with Gasteiger partial charge in [-0.05, 0) is 86.8 Å². The number of esters is 1. The van der Waals surface area contributed by atoms with E-state index < -0.39 is 0 Å². The van der Waals surface area contributed by atoms with E-state index >= 15 is 0 Å². The van der Waals surface area contributed by atoms with Gasteiger partial charge in [-0.2, -0.15) is 0 Å². The van der Waals surface area contributed by atoms with Crippen LogP contribution in [0.2, 0.25) is 0 Å². The van der Waals surface area contributed by atoms with E-state index in [2.05, 4.69) is 19.1 Å². The molecule has 1 aromatic rings. The van der Waals surface area contributed by atoms with Gasteiger partial charge in [0.2, 0.25) is 0 Å². The average Bonchev–Trinajstić information content (AvgIpc) is 2.77. The maximum atomic E-state index is 11.8. The van der Waals surface area contributed by atoms with E-state index in [9.17, 15) is 4.79 Å². The highest BCUT2D eigenvalue weighted by molar-refractivity contribution is 5.89. The van der Waals surface area contributed by atoms with Crippen molar-refractivity contribution in [1.82, 2.24) is 0 Å². The fourth-order valence-electron chi connectivity index (χ4n) is 5.78. The number of ether oxygens (including phenoxy) is 1. The largest absolute Gasteiger partial charge is 0.462 e. The first kappa shape index (κ1) is 22.4. The number of carbonyl (C=O) groups excluding carboxylic acids is 1. The second-order valence-corrected chi connectivity index (χ2v) is 9.66. The number of hydrogen-bond donors (Lipinski definition) is 0. The molecule has 0 aliphatic heterocycles. The first-order valence-corrected chi connectivity index (χ1v) is 12.5. The average molecular weight is 399 g/mol. The molecule has 162 valence electrons. The fourth-order valence-corrected chi connectivity index (χ4v) is 5.78. The Morgan fingerprint density at radius 3 is 1.90 bits per heavy atom. The molecule has 0 radical (unpaired) electrons. The van der Waals surface area contributed by atoms with Crippen LogP contribution < -0.4 is 0 Å². The van der Waals surface area contributed by atoms with E-state index in [-0.39, 0.29) is 5.97 Å². The molecule has 0 saturated heterocycles. The van der Waals surface area contributed by atoms with Crippen molar-refractivity contribution in [1.29, 1.82) is 0 Å². The Labute approximate surface area is 178 Å². The second-order valence-electron chi connectivity index (χ2n) is 9.66. The van der Waals surface area contributed by atoms with Crippen molar-refractivity contribution in [3.8, 4) is 0 Å². The third kappa shape index (κ3) is 6.86. The lowest BCUT2D eigenvalue weighted by Gasteiger charge is -2.38. The van der Waals surface area contributed by atoms with Crippen molar-refractivity contribution in [3.63, 3.8) is 0 Å². The van der Waals surface area contributed by atoms with Crippen LogP contribution in [0, 0.1) is 23.7 Å². The highest BCUT2D eigenvalue weighted by Gasteiger charge is 2.30. The smallest absolute Gasteiger partial charge is 0.338 e. The van der Waals surface area contributed by atoms with Crippen molar-refractivity contribution in [2.75, 3.05) is 6.61 Å². The highest BCUT2D eigenvalue weighted by Crippen LogP contribution is 2.43. The standard InChI is InChI=1S/C27H42O2/c1-3-5-6-21-9-15-24(16-10-21)25-17-11-22(12-18-25)7-8-23-13-19-26(20-14-23)27(28)29-4-2/h13-14,19-22,24-25H,3-12,15-18H2,1-2H3. The van der Waals surface area contributed by atoms with E-state index in [1.54, 1.807) is 0 Å². The van der Waals surface area contributed by atoms with Gasteiger partial charge >= 0.3 is 5.97 Å². The Morgan fingerprint density at radius 2 is 1.38 bits per heavy atom. The molecule has 2 saturated carbocycles. The molecular formula is C27H42O2. The molecule has 29 heavy (non-hydrogen) atoms. The molecule has 3 rings (SSSR count). The van der Waals surface area contributed by atoms with Crippen molar-refractivity contribution >= 4 is 5.97 Å². The van der Waals surface area contributed by atoms with Crippen LogP contribution in [0.4, 0.5) is 0 Å². The Hall–Kier alpha value is -1.31. The summed E-state index contributed by atoms with van der Waals surface area (Å²) in [6, 6.07) is 8.05. The predicted octanol–water partition coefficient (Wildman–Crippen LogP) is 7.60. The van der Waals surface area contributed by atoms with Gasteiger partial charge in [-0.25, -0.2) is 4.79 Å². The Morgan fingerprint density at radius 1 is 0.828 bits per heavy atom. The summed E-state index contributed by atoms with van der Waals surface area (Å²) < 4.78 is 5.07. The van der Waals surface area contributed by atoms with Gasteiger partial charge in [0, 0.05) is 0 Å². The summed E-state index contributed by atoms with van der Waals surface area (Å²) in [5.74, 6) is 3.78. The summed E-state index contributed by atoms with van der Waals surface area (Å²) in [4.78, 5) is 11.8. The topological polar surface area (TPSA) is 26.3 Å². The molecule has 2 nitrogen and oxygen atoms in total. The van der Waals surface area contributed by atoms with Gasteiger partial charge in [-0.3, -0.25) is 0 Å². The molecule has 2 fully saturated rings. The maximum Gasteiger partial charge on any atom is 0.338 e. The molecule has 0 unspecified atom stereocenters. The van der Waals surface area contributed by atoms with Crippen LogP contribution >= 0.6 is 0 Å². The molecule has 1 aromatic carbocycles. The van der Waals surface area contributed by atoms with Gasteiger partial charge in [0.1, 0.15) is 0 Å². The summed E-state index contributed by atoms with van der Waals surface area (Å²) in [5.41, 5.74) is 2.02. The van der Waals surface area contributed by atoms with Crippen LogP contribution in [-0.4, -0.2) is 12.6 Å². The van der Waals surface area contributed by atoms with Crippen LogP contribution in [0.3, 0.4) is 0 Å². The van der Waals surface area contributed by atoms with Gasteiger partial charge in [-0.15, -0.1) is 0 Å². The first-order valence-electron chi connectivity index (χ1n) is 12.5. The quantitative estimate of drug-likeness (QED) is 0.400. The van der Waals surface area contributed by atoms with Crippen molar-refractivity contribution < 1.29 is 9.53 Å². The number of benzene rings is 1. The lowest BCUT2D eigenvalue weighted by Crippen LogP contribution is -2.26. The molecule has 0 spiro atoms. The van der Waals surface area contributed by atoms with E-state index in [1.807, 2.05) is 19.1 Å². The van der Waals surface area contributed by atoms with Crippen LogP contribution in [0.15, 0.2) is 24.3 Å². The predicted molar refractivity (Wildman–Crippen MR) is 121 cm³/mol. The number of rotatable bonds is 9. The number of hydrogen-bond acceptors (Lipinski definition) is 2. The van der Waals surface area contributed by atoms with Crippen molar-refractivity contribution in [3.05, 3.63) is 35.4 Å². The van der Waals surface area contributed by atoms with Gasteiger partial charge < -0.3 is 4.74 Å². The molecule has 0 N–H and O–H groups in total. The van der Waals surface area contributed by atoms with Crippen molar-refractivity contribution in [2.24, 2.45) is 23.7 Å². The maximum absolute atomic E-state index is 11.8. The minimum atomic E-state index is -0.211. The van der Waals surface area contributed by atoms with Crippen LogP contribution in [0.5, 0.6) is 0 Å². The summed E-state index contributed by atoms with van der Waals surface area (Å²) >= 11 is 0. The summed E-state index contributed by atoms with van der Waals surface area (Å²) in [6.07, 6.45) is 18.6. The Kier molecular flexibility index (Phi) is 9.08. The van der Waals surface area contributed by atoms with E-state index in [4.69, 9.17) is 4.74 Å². The van der Waals surface area contributed by atoms with Gasteiger partial charge in [0.05, 0.1) is 12.2 Å². The second kappa shape index (κ2) is 11.8. The molecule has 0 amide bonds. The highest BCUT2D eigenvalue weighted by atomic mass is 16.5. The molecule has 2 aliphatic rings. The first-order chi connectivity index (χ1) is 14.2. The number of carbonyl (C=O) groups is 1. The zero-order chi connectivity index (χ0) is 20.5. The SMILES string of the molecule is CCCCC1CCC(C2CCC(CCc3ccc(C(=O)OCC)cc3)CC2)CC1. The zero-order valence-corrected chi connectivity index (χ0v) is 18.8. The van der Waals surface area contributed by atoms with E-state index in [1.165, 1.54) is 82.6 Å². The van der Waals surface area contributed by atoms with E-state index in [0.717, 1.165) is 30.1 Å². The summed E-state index contributed by atoms with van der Waals surface area (Å²) in [5, 5.41) is 0. The zero-order valence-electron chi connectivity index (χ0n) is 18.8. The molecule has 2 aliphatic carbocycles. The molecule has 0 heterocycles. The molecule has 0 aromatic heterocycles. The Bertz CT molecular complexity index is 589. The van der Waals surface area contributed by atoms with E-state index in [0.29, 0.717) is 12.2 Å². The van der Waals surface area contributed by atoms with Gasteiger partial charge in [0.15, 0.2) is 0 Å².